The van der Waals surface area contributed by atoms with Crippen molar-refractivity contribution in [1.29, 1.82) is 0 Å². The molecule has 0 aromatic heterocycles. The van der Waals surface area contributed by atoms with Gasteiger partial charge in [0.15, 0.2) is 0 Å². The van der Waals surface area contributed by atoms with Gasteiger partial charge >= 0.3 is 0 Å². The van der Waals surface area contributed by atoms with Crippen LogP contribution in [0.1, 0.15) is 17.3 Å². The van der Waals surface area contributed by atoms with Crippen molar-refractivity contribution in [3.63, 3.8) is 0 Å². The summed E-state index contributed by atoms with van der Waals surface area (Å²) in [5, 5.41) is 5.51. The standard InChI is InChI=1S/C17H18ClN3O4S/c1-2-19-16(22)11-20-17(23)12-3-9-15(10-4-12)26(24,25)21-14-7-5-13(18)6-8-14/h3-10,21H,2,11H2,1H3,(H,19,22)(H,20,23). The Bertz CT molecular complexity index is 881. The second-order valence-electron chi connectivity index (χ2n) is 5.27. The molecule has 26 heavy (non-hydrogen) atoms. The minimum absolute atomic E-state index is 0.00715. The molecule has 138 valence electrons. The number of hydrogen-bond acceptors (Lipinski definition) is 4. The van der Waals surface area contributed by atoms with Gasteiger partial charge in [0.1, 0.15) is 0 Å². The molecule has 0 fully saturated rings. The number of carbonyl (C=O) groups is 2. The van der Waals surface area contributed by atoms with E-state index in [2.05, 4.69) is 15.4 Å². The lowest BCUT2D eigenvalue weighted by molar-refractivity contribution is -0.120. The van der Waals surface area contributed by atoms with E-state index >= 15 is 0 Å². The summed E-state index contributed by atoms with van der Waals surface area (Å²) in [6, 6.07) is 11.6. The van der Waals surface area contributed by atoms with Crippen molar-refractivity contribution >= 4 is 39.1 Å². The van der Waals surface area contributed by atoms with Crippen LogP contribution >= 0.6 is 11.6 Å². The van der Waals surface area contributed by atoms with Gasteiger partial charge in [-0.2, -0.15) is 0 Å². The van der Waals surface area contributed by atoms with Crippen LogP contribution in [0.25, 0.3) is 0 Å². The van der Waals surface area contributed by atoms with E-state index in [-0.39, 0.29) is 22.9 Å². The molecule has 0 heterocycles. The molecule has 0 aliphatic carbocycles. The van der Waals surface area contributed by atoms with E-state index in [1.807, 2.05) is 0 Å². The third-order valence-electron chi connectivity index (χ3n) is 3.31. The molecule has 0 aliphatic heterocycles. The minimum atomic E-state index is -3.79. The van der Waals surface area contributed by atoms with E-state index in [9.17, 15) is 18.0 Å². The number of hydrogen-bond donors (Lipinski definition) is 3. The van der Waals surface area contributed by atoms with Crippen molar-refractivity contribution in [3.8, 4) is 0 Å². The first-order valence-electron chi connectivity index (χ1n) is 7.75. The molecular formula is C17H18ClN3O4S. The van der Waals surface area contributed by atoms with Crippen molar-refractivity contribution in [1.82, 2.24) is 10.6 Å². The monoisotopic (exact) mass is 395 g/mol. The maximum absolute atomic E-state index is 12.4. The number of anilines is 1. The highest BCUT2D eigenvalue weighted by atomic mass is 35.5. The zero-order valence-electron chi connectivity index (χ0n) is 14.0. The first-order chi connectivity index (χ1) is 12.3. The van der Waals surface area contributed by atoms with Crippen molar-refractivity contribution < 1.29 is 18.0 Å². The zero-order chi connectivity index (χ0) is 19.2. The van der Waals surface area contributed by atoms with Crippen molar-refractivity contribution in [2.75, 3.05) is 17.8 Å². The molecule has 2 rings (SSSR count). The zero-order valence-corrected chi connectivity index (χ0v) is 15.5. The van der Waals surface area contributed by atoms with Gasteiger partial charge in [-0.1, -0.05) is 11.6 Å². The summed E-state index contributed by atoms with van der Waals surface area (Å²) in [5.74, 6) is -0.766. The van der Waals surface area contributed by atoms with Gasteiger partial charge in [-0.25, -0.2) is 8.42 Å². The second-order valence-corrected chi connectivity index (χ2v) is 7.39. The summed E-state index contributed by atoms with van der Waals surface area (Å²) in [7, 11) is -3.79. The van der Waals surface area contributed by atoms with E-state index in [4.69, 9.17) is 11.6 Å². The maximum atomic E-state index is 12.4. The lowest BCUT2D eigenvalue weighted by Gasteiger charge is -2.09. The smallest absolute Gasteiger partial charge is 0.261 e. The molecule has 0 aliphatic rings. The average molecular weight is 396 g/mol. The highest BCUT2D eigenvalue weighted by Gasteiger charge is 2.15. The van der Waals surface area contributed by atoms with Crippen LogP contribution in [0.5, 0.6) is 0 Å². The van der Waals surface area contributed by atoms with Crippen LogP contribution in [-0.2, 0) is 14.8 Å². The van der Waals surface area contributed by atoms with Crippen LogP contribution in [0.3, 0.4) is 0 Å². The summed E-state index contributed by atoms with van der Waals surface area (Å²) in [6.45, 7) is 2.10. The maximum Gasteiger partial charge on any atom is 0.261 e. The van der Waals surface area contributed by atoms with Crippen LogP contribution < -0.4 is 15.4 Å². The first-order valence-corrected chi connectivity index (χ1v) is 9.61. The minimum Gasteiger partial charge on any atom is -0.355 e. The van der Waals surface area contributed by atoms with Gasteiger partial charge in [0.2, 0.25) is 5.91 Å². The fourth-order valence-corrected chi connectivity index (χ4v) is 3.22. The van der Waals surface area contributed by atoms with E-state index in [1.54, 1.807) is 31.2 Å². The molecule has 0 bridgehead atoms. The third kappa shape index (κ3) is 5.47. The molecule has 7 nitrogen and oxygen atoms in total. The summed E-state index contributed by atoms with van der Waals surface area (Å²) in [6.07, 6.45) is 0. The number of carbonyl (C=O) groups excluding carboxylic acids is 2. The first kappa shape index (κ1) is 19.7. The molecule has 9 heteroatoms. The van der Waals surface area contributed by atoms with Crippen LogP contribution in [0.2, 0.25) is 5.02 Å². The van der Waals surface area contributed by atoms with Crippen molar-refractivity contribution in [2.45, 2.75) is 11.8 Å². The quantitative estimate of drug-likeness (QED) is 0.666. The number of halogens is 1. The van der Waals surface area contributed by atoms with E-state index in [1.165, 1.54) is 24.3 Å². The predicted octanol–water partition coefficient (Wildman–Crippen LogP) is 2.01. The molecular weight excluding hydrogens is 378 g/mol. The molecule has 2 aromatic carbocycles. The number of rotatable bonds is 7. The Morgan fingerprint density at radius 1 is 0.962 bits per heavy atom. The predicted molar refractivity (Wildman–Crippen MR) is 99.7 cm³/mol. The largest absolute Gasteiger partial charge is 0.355 e. The molecule has 3 N–H and O–H groups in total. The Labute approximate surface area is 156 Å². The normalized spacial score (nSPS) is 10.8. The van der Waals surface area contributed by atoms with Gasteiger partial charge in [-0.15, -0.1) is 0 Å². The highest BCUT2D eigenvalue weighted by molar-refractivity contribution is 7.92. The fourth-order valence-electron chi connectivity index (χ4n) is 2.04. The van der Waals surface area contributed by atoms with Gasteiger partial charge in [-0.3, -0.25) is 14.3 Å². The van der Waals surface area contributed by atoms with Gasteiger partial charge in [-0.05, 0) is 55.5 Å². The lowest BCUT2D eigenvalue weighted by Crippen LogP contribution is -2.36. The summed E-state index contributed by atoms with van der Waals surface area (Å²) in [5.41, 5.74) is 0.623. The van der Waals surface area contributed by atoms with E-state index in [0.29, 0.717) is 17.3 Å². The van der Waals surface area contributed by atoms with Crippen molar-refractivity contribution in [2.24, 2.45) is 0 Å². The molecule has 0 atom stereocenters. The number of nitrogens with one attached hydrogen (secondary N) is 3. The lowest BCUT2D eigenvalue weighted by atomic mass is 10.2. The molecule has 0 saturated heterocycles. The average Bonchev–Trinajstić information content (AvgIpc) is 2.62. The number of benzene rings is 2. The van der Waals surface area contributed by atoms with Crippen molar-refractivity contribution in [3.05, 3.63) is 59.1 Å². The fraction of sp³-hybridized carbons (Fsp3) is 0.176. The Morgan fingerprint density at radius 2 is 1.58 bits per heavy atom. The summed E-state index contributed by atoms with van der Waals surface area (Å²) >= 11 is 5.77. The summed E-state index contributed by atoms with van der Waals surface area (Å²) in [4.78, 5) is 23.3. The van der Waals surface area contributed by atoms with Crippen LogP contribution in [-0.4, -0.2) is 33.3 Å². The molecule has 0 unspecified atom stereocenters. The molecule has 0 radical (unpaired) electrons. The van der Waals surface area contributed by atoms with E-state index < -0.39 is 15.9 Å². The van der Waals surface area contributed by atoms with E-state index in [0.717, 1.165) is 0 Å². The number of likely N-dealkylation sites (N-methyl/N-ethyl adjacent to an activating group) is 1. The van der Waals surface area contributed by atoms with Crippen LogP contribution in [0, 0.1) is 0 Å². The van der Waals surface area contributed by atoms with Gasteiger partial charge in [0.25, 0.3) is 15.9 Å². The van der Waals surface area contributed by atoms with Crippen LogP contribution in [0.15, 0.2) is 53.4 Å². The van der Waals surface area contributed by atoms with Gasteiger partial charge in [0, 0.05) is 22.8 Å². The van der Waals surface area contributed by atoms with Gasteiger partial charge in [0.05, 0.1) is 11.4 Å². The molecule has 2 aromatic rings. The topological polar surface area (TPSA) is 104 Å². The number of amides is 2. The SMILES string of the molecule is CCNC(=O)CNC(=O)c1ccc(S(=O)(=O)Nc2ccc(Cl)cc2)cc1. The second kappa shape index (κ2) is 8.68. The molecule has 2 amide bonds. The molecule has 0 spiro atoms. The Hall–Kier alpha value is -2.58. The molecule has 0 saturated carbocycles. The summed E-state index contributed by atoms with van der Waals surface area (Å²) < 4.78 is 27.1. The Balaban J connectivity index is 2.04. The Morgan fingerprint density at radius 3 is 2.15 bits per heavy atom. The van der Waals surface area contributed by atoms with Crippen LogP contribution in [0.4, 0.5) is 5.69 Å². The van der Waals surface area contributed by atoms with Gasteiger partial charge < -0.3 is 10.6 Å². The Kier molecular flexibility index (Phi) is 6.59. The third-order valence-corrected chi connectivity index (χ3v) is 4.96. The number of sulfonamides is 1. The highest BCUT2D eigenvalue weighted by Crippen LogP contribution is 2.18.